The summed E-state index contributed by atoms with van der Waals surface area (Å²) in [6.45, 7) is 4.70. The number of hydrogen-bond acceptors (Lipinski definition) is 6. The number of pyridine rings is 1. The number of aromatic nitrogens is 1. The molecule has 112 valence electrons. The lowest BCUT2D eigenvalue weighted by Crippen LogP contribution is -2.37. The Bertz CT molecular complexity index is 664. The van der Waals surface area contributed by atoms with Gasteiger partial charge in [-0.15, -0.1) is 6.58 Å². The van der Waals surface area contributed by atoms with Gasteiger partial charge in [0, 0.05) is 12.7 Å². The van der Waals surface area contributed by atoms with Crippen molar-refractivity contribution in [1.82, 2.24) is 9.29 Å². The van der Waals surface area contributed by atoms with Gasteiger partial charge in [0.15, 0.2) is 5.69 Å². The number of ether oxygens (including phenoxy) is 1. The summed E-state index contributed by atoms with van der Waals surface area (Å²) in [5.41, 5.74) is -0.226. The lowest BCUT2D eigenvalue weighted by atomic mass is 10.4. The van der Waals surface area contributed by atoms with E-state index < -0.39 is 22.5 Å². The van der Waals surface area contributed by atoms with Gasteiger partial charge < -0.3 is 4.74 Å². The third-order valence-corrected chi connectivity index (χ3v) is 4.28. The van der Waals surface area contributed by atoms with E-state index in [2.05, 4.69) is 11.6 Å². The van der Waals surface area contributed by atoms with Gasteiger partial charge in [0.05, 0.1) is 6.61 Å². The van der Waals surface area contributed by atoms with Crippen LogP contribution in [0.5, 0.6) is 0 Å². The molecule has 1 heterocycles. The second kappa shape index (κ2) is 7.52. The Labute approximate surface area is 123 Å². The molecule has 0 radical (unpaired) electrons. The Morgan fingerprint density at radius 3 is 2.90 bits per heavy atom. The molecule has 0 atom stereocenters. The zero-order valence-corrected chi connectivity index (χ0v) is 12.3. The van der Waals surface area contributed by atoms with Crippen molar-refractivity contribution in [3.8, 4) is 6.07 Å². The fourth-order valence-corrected chi connectivity index (χ4v) is 3.01. The SMILES string of the molecule is C=CCN(CC(=O)OCC)S(=O)(=O)c1cccnc1C#N. The largest absolute Gasteiger partial charge is 0.465 e. The highest BCUT2D eigenvalue weighted by molar-refractivity contribution is 7.89. The number of sulfonamides is 1. The van der Waals surface area contributed by atoms with Crippen LogP contribution in [0.2, 0.25) is 0 Å². The van der Waals surface area contributed by atoms with E-state index >= 15 is 0 Å². The van der Waals surface area contributed by atoms with Crippen molar-refractivity contribution >= 4 is 16.0 Å². The minimum Gasteiger partial charge on any atom is -0.465 e. The van der Waals surface area contributed by atoms with Crippen molar-refractivity contribution in [2.24, 2.45) is 0 Å². The highest BCUT2D eigenvalue weighted by atomic mass is 32.2. The van der Waals surface area contributed by atoms with Gasteiger partial charge in [-0.25, -0.2) is 13.4 Å². The summed E-state index contributed by atoms with van der Waals surface area (Å²) < 4.78 is 30.7. The molecule has 0 aromatic carbocycles. The fraction of sp³-hybridized carbons (Fsp3) is 0.308. The average molecular weight is 309 g/mol. The van der Waals surface area contributed by atoms with Gasteiger partial charge in [-0.2, -0.15) is 9.57 Å². The first-order valence-corrected chi connectivity index (χ1v) is 7.53. The maximum absolute atomic E-state index is 12.5. The normalized spacial score (nSPS) is 10.9. The Kier molecular flexibility index (Phi) is 6.02. The maximum atomic E-state index is 12.5. The minimum absolute atomic E-state index is 0.0824. The third kappa shape index (κ3) is 4.11. The van der Waals surface area contributed by atoms with E-state index in [1.807, 2.05) is 0 Å². The van der Waals surface area contributed by atoms with Gasteiger partial charge in [0.2, 0.25) is 10.0 Å². The highest BCUT2D eigenvalue weighted by Gasteiger charge is 2.29. The van der Waals surface area contributed by atoms with Crippen molar-refractivity contribution in [3.05, 3.63) is 36.7 Å². The van der Waals surface area contributed by atoms with Crippen molar-refractivity contribution in [2.75, 3.05) is 19.7 Å². The molecule has 0 aliphatic carbocycles. The molecule has 1 aromatic rings. The van der Waals surface area contributed by atoms with E-state index in [0.717, 1.165) is 4.31 Å². The third-order valence-electron chi connectivity index (χ3n) is 2.44. The van der Waals surface area contributed by atoms with Crippen LogP contribution in [0.15, 0.2) is 35.9 Å². The molecule has 0 saturated heterocycles. The molecular weight excluding hydrogens is 294 g/mol. The molecule has 0 spiro atoms. The molecule has 0 saturated carbocycles. The number of carbonyl (C=O) groups is 1. The molecule has 21 heavy (non-hydrogen) atoms. The van der Waals surface area contributed by atoms with E-state index in [4.69, 9.17) is 10.00 Å². The van der Waals surface area contributed by atoms with Crippen molar-refractivity contribution in [3.63, 3.8) is 0 Å². The topological polar surface area (TPSA) is 100 Å². The van der Waals surface area contributed by atoms with E-state index in [-0.39, 0.29) is 23.7 Å². The van der Waals surface area contributed by atoms with Crippen LogP contribution in [0.1, 0.15) is 12.6 Å². The predicted molar refractivity (Wildman–Crippen MR) is 74.5 cm³/mol. The van der Waals surface area contributed by atoms with Gasteiger partial charge in [-0.1, -0.05) is 6.08 Å². The maximum Gasteiger partial charge on any atom is 0.321 e. The number of rotatable bonds is 7. The molecule has 0 amide bonds. The van der Waals surface area contributed by atoms with Crippen LogP contribution >= 0.6 is 0 Å². The van der Waals surface area contributed by atoms with Crippen molar-refractivity contribution in [1.29, 1.82) is 5.26 Å². The molecule has 1 rings (SSSR count). The molecular formula is C13H15N3O4S. The zero-order valence-electron chi connectivity index (χ0n) is 11.5. The quantitative estimate of drug-likeness (QED) is 0.542. The number of esters is 1. The summed E-state index contributed by atoms with van der Waals surface area (Å²) in [5.74, 6) is -0.676. The average Bonchev–Trinajstić information content (AvgIpc) is 2.47. The highest BCUT2D eigenvalue weighted by Crippen LogP contribution is 2.18. The molecule has 0 fully saturated rings. The Morgan fingerprint density at radius 2 is 2.33 bits per heavy atom. The molecule has 1 aromatic heterocycles. The number of carbonyl (C=O) groups excluding carboxylic acids is 1. The molecule has 0 N–H and O–H groups in total. The molecule has 0 unspecified atom stereocenters. The lowest BCUT2D eigenvalue weighted by Gasteiger charge is -2.19. The van der Waals surface area contributed by atoms with Crippen LogP contribution in [-0.4, -0.2) is 43.4 Å². The first kappa shape index (κ1) is 16.8. The summed E-state index contributed by atoms with van der Waals surface area (Å²) in [7, 11) is -4.04. The van der Waals surface area contributed by atoms with E-state index in [1.54, 1.807) is 13.0 Å². The summed E-state index contributed by atoms with van der Waals surface area (Å²) in [6.07, 6.45) is 2.67. The monoisotopic (exact) mass is 309 g/mol. The van der Waals surface area contributed by atoms with Crippen LogP contribution in [0.4, 0.5) is 0 Å². The van der Waals surface area contributed by atoms with Crippen LogP contribution in [0, 0.1) is 11.3 Å². The van der Waals surface area contributed by atoms with Crippen LogP contribution < -0.4 is 0 Å². The molecule has 0 aliphatic rings. The number of nitrogens with zero attached hydrogens (tertiary/aromatic N) is 3. The van der Waals surface area contributed by atoms with Gasteiger partial charge in [-0.3, -0.25) is 4.79 Å². The van der Waals surface area contributed by atoms with Crippen molar-refractivity contribution < 1.29 is 17.9 Å². The summed E-state index contributed by atoms with van der Waals surface area (Å²) in [4.78, 5) is 15.0. The second-order valence-corrected chi connectivity index (χ2v) is 5.76. The Morgan fingerprint density at radius 1 is 1.62 bits per heavy atom. The minimum atomic E-state index is -4.04. The summed E-state index contributed by atoms with van der Waals surface area (Å²) >= 11 is 0. The van der Waals surface area contributed by atoms with Crippen LogP contribution in [0.25, 0.3) is 0 Å². The van der Waals surface area contributed by atoms with Gasteiger partial charge in [-0.05, 0) is 19.1 Å². The smallest absolute Gasteiger partial charge is 0.321 e. The molecule has 7 nitrogen and oxygen atoms in total. The van der Waals surface area contributed by atoms with Gasteiger partial charge in [0.25, 0.3) is 0 Å². The molecule has 0 aliphatic heterocycles. The van der Waals surface area contributed by atoms with Crippen LogP contribution in [0.3, 0.4) is 0 Å². The standard InChI is InChI=1S/C13H15N3O4S/c1-3-8-16(10-13(17)20-4-2)21(18,19)12-6-5-7-15-11(12)9-14/h3,5-7H,1,4,8,10H2,2H3. The molecule has 8 heteroatoms. The second-order valence-electron chi connectivity index (χ2n) is 3.85. The summed E-state index contributed by atoms with van der Waals surface area (Å²) in [6, 6.07) is 4.39. The molecule has 0 bridgehead atoms. The first-order chi connectivity index (χ1) is 9.97. The number of hydrogen-bond donors (Lipinski definition) is 0. The lowest BCUT2D eigenvalue weighted by molar-refractivity contribution is -0.143. The van der Waals surface area contributed by atoms with E-state index in [0.29, 0.717) is 0 Å². The summed E-state index contributed by atoms with van der Waals surface area (Å²) in [5, 5.41) is 8.95. The zero-order chi connectivity index (χ0) is 15.9. The fourth-order valence-electron chi connectivity index (χ4n) is 1.56. The van der Waals surface area contributed by atoms with Crippen LogP contribution in [-0.2, 0) is 19.6 Å². The number of nitriles is 1. The van der Waals surface area contributed by atoms with Gasteiger partial charge >= 0.3 is 5.97 Å². The van der Waals surface area contributed by atoms with Crippen molar-refractivity contribution in [2.45, 2.75) is 11.8 Å². The first-order valence-electron chi connectivity index (χ1n) is 6.09. The van der Waals surface area contributed by atoms with Gasteiger partial charge in [0.1, 0.15) is 17.5 Å². The van der Waals surface area contributed by atoms with E-state index in [1.165, 1.54) is 24.4 Å². The predicted octanol–water partition coefficient (Wildman–Crippen LogP) is 0.693. The Balaban J connectivity index is 3.19. The Hall–Kier alpha value is -2.24. The van der Waals surface area contributed by atoms with E-state index in [9.17, 15) is 13.2 Å².